The molecule has 0 aliphatic heterocycles. The van der Waals surface area contributed by atoms with Crippen molar-refractivity contribution in [2.45, 2.75) is 69.9 Å². The van der Waals surface area contributed by atoms with Crippen molar-refractivity contribution >= 4 is 29.2 Å². The Morgan fingerprint density at radius 1 is 0.958 bits per heavy atom. The summed E-state index contributed by atoms with van der Waals surface area (Å²) in [6.45, 7) is 2.02. The molecular weight excluding hydrogens is 361 g/mol. The Morgan fingerprint density at radius 2 is 1.46 bits per heavy atom. The molecule has 6 nitrogen and oxygen atoms in total. The smallest absolute Gasteiger partial charge is 0.411 e. The molecule has 0 spiro atoms. The van der Waals surface area contributed by atoms with E-state index >= 15 is 0 Å². The van der Waals surface area contributed by atoms with E-state index in [0.717, 1.165) is 19.3 Å². The molecule has 9 heteroatoms. The van der Waals surface area contributed by atoms with Crippen LogP contribution in [-0.4, -0.2) is 78.9 Å². The molecule has 0 unspecified atom stereocenters. The Balaban J connectivity index is 0. The Morgan fingerprint density at radius 3 is 1.96 bits per heavy atom. The quantitative estimate of drug-likeness (QED) is 0.0975. The normalized spacial score (nSPS) is 15.9. The maximum Gasteiger partial charge on any atom is 1.00 e. The van der Waals surface area contributed by atoms with Gasteiger partial charge in [0.1, 0.15) is 18.3 Å². The van der Waals surface area contributed by atoms with E-state index < -0.39 is 31.0 Å². The molecular formula is C15H30NNaO5S2. The molecule has 0 radical (unpaired) electrons. The first-order valence-corrected chi connectivity index (χ1v) is 8.95. The van der Waals surface area contributed by atoms with Gasteiger partial charge in [-0.25, -0.2) is 0 Å². The number of rotatable bonds is 13. The third kappa shape index (κ3) is 11.5. The third-order valence-electron chi connectivity index (χ3n) is 3.77. The first-order chi connectivity index (χ1) is 10.8. The minimum atomic E-state index is -1.63. The van der Waals surface area contributed by atoms with Crippen LogP contribution in [0.25, 0.3) is 0 Å². The molecule has 5 N–H and O–H groups in total. The zero-order chi connectivity index (χ0) is 17.8. The van der Waals surface area contributed by atoms with E-state index in [0.29, 0.717) is 6.54 Å². The van der Waals surface area contributed by atoms with Crippen LogP contribution in [0.4, 0.5) is 0 Å². The molecule has 0 bridgehead atoms. The summed E-state index contributed by atoms with van der Waals surface area (Å²) in [5.74, 6) is 0. The van der Waals surface area contributed by atoms with Crippen LogP contribution in [0.3, 0.4) is 0 Å². The number of unbranched alkanes of at least 4 members (excludes halogenated alkanes) is 5. The fraction of sp³-hybridized carbons (Fsp3) is 0.933. The number of nitrogens with zero attached hydrogens (tertiary/aromatic N) is 1. The standard InChI is InChI=1S/C15H31NO5S2.Na/c1-2-3-4-5-6-7-8-16(15(22)23)9-11(18)13(20)14(21)12(19)10-17;/h11-14,17-21H,2-10H2,1H3,(H,22,23);/q;+1/p-1/t11-,12+,13+,14+;/m0./s1. The van der Waals surface area contributed by atoms with Crippen LogP contribution in [0.15, 0.2) is 0 Å². The molecule has 0 saturated carbocycles. The molecule has 0 aromatic rings. The van der Waals surface area contributed by atoms with Crippen LogP contribution >= 0.6 is 12.2 Å². The van der Waals surface area contributed by atoms with Crippen molar-refractivity contribution in [2.75, 3.05) is 19.7 Å². The SMILES string of the molecule is CCCCCCCCN(C[C@H](O)[C@@H](O)[C@H](O)[C@H](O)CO)C(=S)[S-].[Na+]. The third-order valence-corrected chi connectivity index (χ3v) is 4.29. The molecule has 138 valence electrons. The Kier molecular flexibility index (Phi) is 18.2. The van der Waals surface area contributed by atoms with E-state index in [1.54, 1.807) is 4.90 Å². The number of aliphatic hydroxyl groups is 5. The molecule has 0 fully saturated rings. The van der Waals surface area contributed by atoms with E-state index in [1.807, 2.05) is 0 Å². The van der Waals surface area contributed by atoms with Gasteiger partial charge in [-0.2, -0.15) is 0 Å². The van der Waals surface area contributed by atoms with Gasteiger partial charge in [0.15, 0.2) is 0 Å². The van der Waals surface area contributed by atoms with Gasteiger partial charge >= 0.3 is 29.6 Å². The van der Waals surface area contributed by atoms with E-state index in [-0.39, 0.29) is 40.4 Å². The summed E-state index contributed by atoms with van der Waals surface area (Å²) in [4.78, 5) is 1.61. The first kappa shape index (κ1) is 27.1. The summed E-state index contributed by atoms with van der Waals surface area (Å²) in [5.41, 5.74) is 0. The van der Waals surface area contributed by atoms with Crippen molar-refractivity contribution in [3.63, 3.8) is 0 Å². The molecule has 0 aromatic heterocycles. The Bertz CT molecular complexity index is 328. The summed E-state index contributed by atoms with van der Waals surface area (Å²) in [6.07, 6.45) is 0.602. The van der Waals surface area contributed by atoms with Gasteiger partial charge in [0.25, 0.3) is 0 Å². The van der Waals surface area contributed by atoms with Crippen LogP contribution in [0.2, 0.25) is 0 Å². The fourth-order valence-electron chi connectivity index (χ4n) is 2.24. The van der Waals surface area contributed by atoms with E-state index in [1.165, 1.54) is 19.3 Å². The largest absolute Gasteiger partial charge is 1.00 e. The maximum absolute atomic E-state index is 9.97. The van der Waals surface area contributed by atoms with Crippen molar-refractivity contribution < 1.29 is 55.1 Å². The summed E-state index contributed by atoms with van der Waals surface area (Å²) in [6, 6.07) is 0. The second-order valence-electron chi connectivity index (χ2n) is 5.78. The molecule has 0 heterocycles. The topological polar surface area (TPSA) is 104 Å². The zero-order valence-corrected chi connectivity index (χ0v) is 18.3. The number of hydrogen-bond donors (Lipinski definition) is 5. The predicted octanol–water partition coefficient (Wildman–Crippen LogP) is -3.08. The number of aliphatic hydroxyl groups excluding tert-OH is 5. The first-order valence-electron chi connectivity index (χ1n) is 8.14. The summed E-state index contributed by atoms with van der Waals surface area (Å²) < 4.78 is 0.196. The summed E-state index contributed by atoms with van der Waals surface area (Å²) in [7, 11) is 0. The van der Waals surface area contributed by atoms with E-state index in [4.69, 9.17) is 30.0 Å². The van der Waals surface area contributed by atoms with Gasteiger partial charge in [0.2, 0.25) is 0 Å². The van der Waals surface area contributed by atoms with Crippen molar-refractivity contribution in [3.8, 4) is 0 Å². The van der Waals surface area contributed by atoms with Crippen LogP contribution in [0.1, 0.15) is 45.4 Å². The van der Waals surface area contributed by atoms with Gasteiger partial charge in [0.05, 0.1) is 12.7 Å². The van der Waals surface area contributed by atoms with Crippen molar-refractivity contribution in [3.05, 3.63) is 0 Å². The molecule has 0 rings (SSSR count). The van der Waals surface area contributed by atoms with E-state index in [9.17, 15) is 20.4 Å². The fourth-order valence-corrected chi connectivity index (χ4v) is 2.57. The molecule has 0 saturated heterocycles. The second kappa shape index (κ2) is 16.1. The average Bonchev–Trinajstić information content (AvgIpc) is 2.54. The monoisotopic (exact) mass is 391 g/mol. The maximum atomic E-state index is 9.97. The van der Waals surface area contributed by atoms with Gasteiger partial charge < -0.3 is 55.3 Å². The van der Waals surface area contributed by atoms with Gasteiger partial charge in [-0.15, -0.1) is 0 Å². The molecule has 0 amide bonds. The zero-order valence-electron chi connectivity index (χ0n) is 14.7. The molecule has 0 aliphatic rings. The number of hydrogen-bond acceptors (Lipinski definition) is 7. The van der Waals surface area contributed by atoms with Crippen LogP contribution in [-0.2, 0) is 12.6 Å². The number of thiocarbonyl (C=S) groups is 1. The molecule has 0 aliphatic carbocycles. The van der Waals surface area contributed by atoms with E-state index in [2.05, 4.69) is 6.92 Å². The van der Waals surface area contributed by atoms with Crippen molar-refractivity contribution in [1.82, 2.24) is 4.90 Å². The van der Waals surface area contributed by atoms with Gasteiger partial charge in [-0.1, -0.05) is 43.3 Å². The summed E-state index contributed by atoms with van der Waals surface area (Å²) >= 11 is 9.96. The van der Waals surface area contributed by atoms with Gasteiger partial charge in [-0.3, -0.25) is 0 Å². The van der Waals surface area contributed by atoms with Crippen LogP contribution in [0.5, 0.6) is 0 Å². The molecule has 24 heavy (non-hydrogen) atoms. The van der Waals surface area contributed by atoms with Crippen LogP contribution in [0, 0.1) is 0 Å². The minimum Gasteiger partial charge on any atom is -0.411 e. The average molecular weight is 392 g/mol. The summed E-state index contributed by atoms with van der Waals surface area (Å²) in [5, 5.41) is 47.5. The van der Waals surface area contributed by atoms with Crippen molar-refractivity contribution in [2.24, 2.45) is 0 Å². The Labute approximate surface area is 178 Å². The van der Waals surface area contributed by atoms with Gasteiger partial charge in [-0.05, 0) is 6.42 Å². The predicted molar refractivity (Wildman–Crippen MR) is 96.0 cm³/mol. The second-order valence-corrected chi connectivity index (χ2v) is 6.81. The molecule has 0 aromatic carbocycles. The van der Waals surface area contributed by atoms with Gasteiger partial charge in [0, 0.05) is 13.1 Å². The molecule has 4 atom stereocenters. The van der Waals surface area contributed by atoms with Crippen LogP contribution < -0.4 is 29.6 Å². The minimum absolute atomic E-state index is 0. The Hall–Kier alpha value is 0.910. The van der Waals surface area contributed by atoms with Crippen molar-refractivity contribution in [1.29, 1.82) is 0 Å².